The van der Waals surface area contributed by atoms with Crippen molar-refractivity contribution in [3.8, 4) is 0 Å². The molecule has 0 aliphatic carbocycles. The lowest BCUT2D eigenvalue weighted by molar-refractivity contribution is 0.0956. The van der Waals surface area contributed by atoms with Crippen molar-refractivity contribution < 1.29 is 4.79 Å². The van der Waals surface area contributed by atoms with Gasteiger partial charge < -0.3 is 10.6 Å². The van der Waals surface area contributed by atoms with Crippen LogP contribution >= 0.6 is 11.8 Å². The van der Waals surface area contributed by atoms with E-state index >= 15 is 0 Å². The molecule has 104 valence electrons. The molecule has 1 amide bonds. The van der Waals surface area contributed by atoms with Gasteiger partial charge in [-0.05, 0) is 50.1 Å². The Morgan fingerprint density at radius 2 is 2.32 bits per heavy atom. The molecule has 4 heteroatoms. The van der Waals surface area contributed by atoms with Crippen LogP contribution in [0.4, 0.5) is 5.69 Å². The summed E-state index contributed by atoms with van der Waals surface area (Å²) in [5, 5.41) is 6.43. The number of hydrogen-bond donors (Lipinski definition) is 2. The van der Waals surface area contributed by atoms with Crippen LogP contribution in [-0.2, 0) is 0 Å². The lowest BCUT2D eigenvalue weighted by Crippen LogP contribution is -2.27. The van der Waals surface area contributed by atoms with E-state index in [-0.39, 0.29) is 5.91 Å². The highest BCUT2D eigenvalue weighted by Crippen LogP contribution is 2.23. The Kier molecular flexibility index (Phi) is 5.14. The van der Waals surface area contributed by atoms with E-state index in [2.05, 4.69) is 17.6 Å². The van der Waals surface area contributed by atoms with Gasteiger partial charge in [-0.15, -0.1) is 0 Å². The smallest absolute Gasteiger partial charge is 0.251 e. The largest absolute Gasteiger partial charge is 0.381 e. The number of amides is 1. The maximum atomic E-state index is 11.9. The Labute approximate surface area is 119 Å². The third-order valence-electron chi connectivity index (χ3n) is 3.36. The number of carbonyl (C=O) groups excluding carboxylic acids is 1. The number of aryl methyl sites for hydroxylation is 1. The van der Waals surface area contributed by atoms with E-state index in [0.29, 0.717) is 12.6 Å². The molecule has 3 nitrogen and oxygen atoms in total. The Hall–Kier alpha value is -1.16. The van der Waals surface area contributed by atoms with Crippen molar-refractivity contribution in [3.05, 3.63) is 29.3 Å². The van der Waals surface area contributed by atoms with Crippen molar-refractivity contribution in [2.24, 2.45) is 0 Å². The van der Waals surface area contributed by atoms with Crippen LogP contribution in [0.1, 0.15) is 35.7 Å². The van der Waals surface area contributed by atoms with Crippen LogP contribution in [0.5, 0.6) is 0 Å². The molecule has 1 unspecified atom stereocenters. The van der Waals surface area contributed by atoms with Crippen molar-refractivity contribution >= 4 is 23.4 Å². The van der Waals surface area contributed by atoms with Crippen molar-refractivity contribution in [1.29, 1.82) is 0 Å². The van der Waals surface area contributed by atoms with E-state index in [0.717, 1.165) is 17.0 Å². The monoisotopic (exact) mass is 278 g/mol. The van der Waals surface area contributed by atoms with Crippen molar-refractivity contribution in [3.63, 3.8) is 0 Å². The molecule has 2 rings (SSSR count). The van der Waals surface area contributed by atoms with E-state index < -0.39 is 0 Å². The van der Waals surface area contributed by atoms with E-state index in [1.807, 2.05) is 36.9 Å². The molecule has 0 spiro atoms. The van der Waals surface area contributed by atoms with Crippen molar-refractivity contribution in [2.75, 3.05) is 23.4 Å². The van der Waals surface area contributed by atoms with Crippen molar-refractivity contribution in [1.82, 2.24) is 5.32 Å². The molecule has 0 bridgehead atoms. The molecule has 1 aromatic rings. The topological polar surface area (TPSA) is 41.1 Å². The summed E-state index contributed by atoms with van der Waals surface area (Å²) in [4.78, 5) is 11.9. The summed E-state index contributed by atoms with van der Waals surface area (Å²) >= 11 is 2.00. The number of thioether (sulfide) groups is 1. The zero-order valence-electron chi connectivity index (χ0n) is 11.7. The Balaban J connectivity index is 2.10. The number of rotatable bonds is 4. The predicted molar refractivity (Wildman–Crippen MR) is 83.2 cm³/mol. The summed E-state index contributed by atoms with van der Waals surface area (Å²) in [5.41, 5.74) is 3.03. The summed E-state index contributed by atoms with van der Waals surface area (Å²) in [6, 6.07) is 6.41. The van der Waals surface area contributed by atoms with E-state index in [9.17, 15) is 4.79 Å². The molecule has 19 heavy (non-hydrogen) atoms. The summed E-state index contributed by atoms with van der Waals surface area (Å²) in [6.45, 7) is 4.68. The Morgan fingerprint density at radius 1 is 1.47 bits per heavy atom. The summed E-state index contributed by atoms with van der Waals surface area (Å²) in [7, 11) is 0. The minimum atomic E-state index is 0.00330. The molecule has 1 saturated heterocycles. The Morgan fingerprint density at radius 3 is 3.00 bits per heavy atom. The maximum absolute atomic E-state index is 11.9. The molecule has 0 aromatic heterocycles. The van der Waals surface area contributed by atoms with Gasteiger partial charge in [0.2, 0.25) is 0 Å². The van der Waals surface area contributed by atoms with Crippen LogP contribution in [0, 0.1) is 6.92 Å². The SMILES string of the molecule is CCNC(=O)c1ccc(C)c(NC2CCCSC2)c1. The van der Waals surface area contributed by atoms with Gasteiger partial charge in [0.1, 0.15) is 0 Å². The molecule has 1 atom stereocenters. The minimum Gasteiger partial charge on any atom is -0.381 e. The fourth-order valence-corrected chi connectivity index (χ4v) is 3.33. The second-order valence-corrected chi connectivity index (χ2v) is 6.10. The maximum Gasteiger partial charge on any atom is 0.251 e. The van der Waals surface area contributed by atoms with Gasteiger partial charge >= 0.3 is 0 Å². The molecular weight excluding hydrogens is 256 g/mol. The van der Waals surface area contributed by atoms with Crippen LogP contribution in [0.2, 0.25) is 0 Å². The highest BCUT2D eigenvalue weighted by atomic mass is 32.2. The summed E-state index contributed by atoms with van der Waals surface area (Å²) in [5.74, 6) is 2.43. The first kappa shape index (κ1) is 14.3. The molecule has 1 aliphatic rings. The quantitative estimate of drug-likeness (QED) is 0.889. The minimum absolute atomic E-state index is 0.00330. The van der Waals surface area contributed by atoms with Crippen LogP contribution in [0.15, 0.2) is 18.2 Å². The van der Waals surface area contributed by atoms with Crippen LogP contribution in [0.3, 0.4) is 0 Å². The van der Waals surface area contributed by atoms with Gasteiger partial charge in [0.25, 0.3) is 5.91 Å². The molecule has 1 aliphatic heterocycles. The highest BCUT2D eigenvalue weighted by Gasteiger charge is 2.15. The van der Waals surface area contributed by atoms with Crippen LogP contribution in [-0.4, -0.2) is 30.0 Å². The number of anilines is 1. The molecule has 1 fully saturated rings. The second kappa shape index (κ2) is 6.85. The third-order valence-corrected chi connectivity index (χ3v) is 4.57. The van der Waals surface area contributed by atoms with Gasteiger partial charge in [-0.3, -0.25) is 4.79 Å². The molecule has 1 aromatic carbocycles. The first-order valence-corrected chi connectivity index (χ1v) is 8.09. The number of hydrogen-bond acceptors (Lipinski definition) is 3. The molecular formula is C15H22N2OS. The van der Waals surface area contributed by atoms with E-state index in [1.54, 1.807) is 0 Å². The third kappa shape index (κ3) is 3.90. The number of nitrogens with one attached hydrogen (secondary N) is 2. The average Bonchev–Trinajstić information content (AvgIpc) is 2.42. The van der Waals surface area contributed by atoms with E-state index in [1.165, 1.54) is 24.2 Å². The first-order valence-electron chi connectivity index (χ1n) is 6.94. The normalized spacial score (nSPS) is 18.9. The fraction of sp³-hybridized carbons (Fsp3) is 0.533. The predicted octanol–water partition coefficient (Wildman–Crippen LogP) is 3.05. The molecule has 0 saturated carbocycles. The number of benzene rings is 1. The molecule has 1 heterocycles. The zero-order valence-corrected chi connectivity index (χ0v) is 12.5. The fourth-order valence-electron chi connectivity index (χ4n) is 2.26. The van der Waals surface area contributed by atoms with Gasteiger partial charge in [-0.1, -0.05) is 6.07 Å². The number of carbonyl (C=O) groups is 1. The lowest BCUT2D eigenvalue weighted by atomic mass is 10.1. The second-order valence-electron chi connectivity index (χ2n) is 4.95. The van der Waals surface area contributed by atoms with Gasteiger partial charge in [0.15, 0.2) is 0 Å². The van der Waals surface area contributed by atoms with Gasteiger partial charge in [0.05, 0.1) is 0 Å². The van der Waals surface area contributed by atoms with E-state index in [4.69, 9.17) is 0 Å². The van der Waals surface area contributed by atoms with Gasteiger partial charge in [-0.2, -0.15) is 11.8 Å². The van der Waals surface area contributed by atoms with Crippen molar-refractivity contribution in [2.45, 2.75) is 32.7 Å². The Bertz CT molecular complexity index is 442. The molecule has 0 radical (unpaired) electrons. The standard InChI is InChI=1S/C15H22N2OS/c1-3-16-15(18)12-7-6-11(2)14(9-12)17-13-5-4-8-19-10-13/h6-7,9,13,17H,3-5,8,10H2,1-2H3,(H,16,18). The first-order chi connectivity index (χ1) is 9.20. The highest BCUT2D eigenvalue weighted by molar-refractivity contribution is 7.99. The average molecular weight is 278 g/mol. The lowest BCUT2D eigenvalue weighted by Gasteiger charge is -2.24. The van der Waals surface area contributed by atoms with Gasteiger partial charge in [-0.25, -0.2) is 0 Å². The molecule has 2 N–H and O–H groups in total. The van der Waals surface area contributed by atoms with Gasteiger partial charge in [0, 0.05) is 29.6 Å². The summed E-state index contributed by atoms with van der Waals surface area (Å²) in [6.07, 6.45) is 2.50. The van der Waals surface area contributed by atoms with Crippen LogP contribution in [0.25, 0.3) is 0 Å². The summed E-state index contributed by atoms with van der Waals surface area (Å²) < 4.78 is 0. The van der Waals surface area contributed by atoms with Crippen LogP contribution < -0.4 is 10.6 Å². The zero-order chi connectivity index (χ0) is 13.7.